The van der Waals surface area contributed by atoms with E-state index in [0.29, 0.717) is 0 Å². The van der Waals surface area contributed by atoms with Crippen LogP contribution >= 0.6 is 11.6 Å². The van der Waals surface area contributed by atoms with E-state index in [-0.39, 0.29) is 22.0 Å². The molecule has 0 spiro atoms. The molecule has 138 valence electrons. The third-order valence-corrected chi connectivity index (χ3v) is 3.27. The van der Waals surface area contributed by atoms with E-state index in [9.17, 15) is 18.4 Å². The molecule has 0 aromatic heterocycles. The first-order chi connectivity index (χ1) is 12.0. The van der Waals surface area contributed by atoms with Gasteiger partial charge in [-0.3, -0.25) is 10.1 Å². The Hall–Kier alpha value is -2.67. The summed E-state index contributed by atoms with van der Waals surface area (Å²) in [6, 6.07) is 7.01. The number of carbonyl (C=O) groups excluding carboxylic acids is 2. The monoisotopic (exact) mass is 382 g/mol. The maximum absolute atomic E-state index is 14.0. The third-order valence-electron chi connectivity index (χ3n) is 3.03. The quantitative estimate of drug-likeness (QED) is 0.765. The number of benzene rings is 2. The Morgan fingerprint density at radius 3 is 2.31 bits per heavy atom. The lowest BCUT2D eigenvalue weighted by atomic mass is 10.2. The lowest BCUT2D eigenvalue weighted by Gasteiger charge is -2.20. The molecule has 5 nitrogen and oxygen atoms in total. The van der Waals surface area contributed by atoms with Gasteiger partial charge >= 0.3 is 6.09 Å². The van der Waals surface area contributed by atoms with Gasteiger partial charge in [0.25, 0.3) is 5.91 Å². The molecule has 0 fully saturated rings. The summed E-state index contributed by atoms with van der Waals surface area (Å²) in [5.74, 6) is -2.43. The van der Waals surface area contributed by atoms with Crippen LogP contribution in [0.5, 0.6) is 0 Å². The standard InChI is InChI=1S/C18H17ClF2N2O3/c1-18(2,3)26-17(25)22-11-5-7-14(21)15(9-11)23-16(24)12-8-10(19)4-6-13(12)20/h4-9H,1-3H3,(H,22,25)(H,23,24). The van der Waals surface area contributed by atoms with Gasteiger partial charge in [0.1, 0.15) is 17.2 Å². The van der Waals surface area contributed by atoms with Gasteiger partial charge in [-0.15, -0.1) is 0 Å². The minimum atomic E-state index is -0.877. The molecule has 2 aromatic carbocycles. The van der Waals surface area contributed by atoms with Gasteiger partial charge < -0.3 is 10.1 Å². The van der Waals surface area contributed by atoms with E-state index in [2.05, 4.69) is 10.6 Å². The van der Waals surface area contributed by atoms with E-state index in [4.69, 9.17) is 16.3 Å². The first kappa shape index (κ1) is 19.7. The molecule has 2 rings (SSSR count). The van der Waals surface area contributed by atoms with Crippen LogP contribution in [0.2, 0.25) is 5.02 Å². The molecular weight excluding hydrogens is 366 g/mol. The number of hydrogen-bond donors (Lipinski definition) is 2. The summed E-state index contributed by atoms with van der Waals surface area (Å²) < 4.78 is 32.8. The zero-order valence-electron chi connectivity index (χ0n) is 14.3. The zero-order chi connectivity index (χ0) is 19.5. The summed E-state index contributed by atoms with van der Waals surface area (Å²) in [6.07, 6.45) is -0.734. The first-order valence-corrected chi connectivity index (χ1v) is 7.99. The van der Waals surface area contributed by atoms with Crippen LogP contribution in [0.25, 0.3) is 0 Å². The molecule has 0 atom stereocenters. The van der Waals surface area contributed by atoms with Crippen LogP contribution in [-0.4, -0.2) is 17.6 Å². The fourth-order valence-electron chi connectivity index (χ4n) is 1.98. The maximum Gasteiger partial charge on any atom is 0.412 e. The van der Waals surface area contributed by atoms with Gasteiger partial charge in [-0.1, -0.05) is 11.6 Å². The summed E-state index contributed by atoms with van der Waals surface area (Å²) >= 11 is 5.75. The van der Waals surface area contributed by atoms with Gasteiger partial charge in [0, 0.05) is 10.7 Å². The number of halogens is 3. The van der Waals surface area contributed by atoms with Crippen molar-refractivity contribution in [3.8, 4) is 0 Å². The zero-order valence-corrected chi connectivity index (χ0v) is 15.1. The highest BCUT2D eigenvalue weighted by Gasteiger charge is 2.18. The van der Waals surface area contributed by atoms with E-state index in [1.165, 1.54) is 18.2 Å². The molecule has 0 aliphatic carbocycles. The molecule has 26 heavy (non-hydrogen) atoms. The number of ether oxygens (including phenoxy) is 1. The number of amides is 2. The Bertz CT molecular complexity index is 851. The van der Waals surface area contributed by atoms with Crippen molar-refractivity contribution in [2.45, 2.75) is 26.4 Å². The normalized spacial score (nSPS) is 11.0. The summed E-state index contributed by atoms with van der Waals surface area (Å²) in [5.41, 5.74) is -1.07. The predicted octanol–water partition coefficient (Wildman–Crippen LogP) is 5.22. The van der Waals surface area contributed by atoms with Crippen LogP contribution in [-0.2, 0) is 4.74 Å². The molecule has 2 aromatic rings. The summed E-state index contributed by atoms with van der Waals surface area (Å²) in [7, 11) is 0. The van der Waals surface area contributed by atoms with Crippen molar-refractivity contribution in [2.75, 3.05) is 10.6 Å². The van der Waals surface area contributed by atoms with Gasteiger partial charge in [0.05, 0.1) is 11.3 Å². The van der Waals surface area contributed by atoms with Crippen molar-refractivity contribution in [1.29, 1.82) is 0 Å². The number of hydrogen-bond acceptors (Lipinski definition) is 3. The topological polar surface area (TPSA) is 67.4 Å². The molecule has 0 unspecified atom stereocenters. The highest BCUT2D eigenvalue weighted by atomic mass is 35.5. The van der Waals surface area contributed by atoms with Crippen molar-refractivity contribution in [2.24, 2.45) is 0 Å². The van der Waals surface area contributed by atoms with Crippen molar-refractivity contribution in [3.05, 3.63) is 58.6 Å². The molecular formula is C18H17ClF2N2O3. The first-order valence-electron chi connectivity index (χ1n) is 7.61. The maximum atomic E-state index is 14.0. The fraction of sp³-hybridized carbons (Fsp3) is 0.222. The van der Waals surface area contributed by atoms with E-state index in [0.717, 1.165) is 18.2 Å². The molecule has 2 amide bonds. The van der Waals surface area contributed by atoms with E-state index in [1.54, 1.807) is 20.8 Å². The largest absolute Gasteiger partial charge is 0.444 e. The van der Waals surface area contributed by atoms with Gasteiger partial charge in [0.2, 0.25) is 0 Å². The van der Waals surface area contributed by atoms with E-state index >= 15 is 0 Å². The molecule has 8 heteroatoms. The van der Waals surface area contributed by atoms with Gasteiger partial charge in [-0.2, -0.15) is 0 Å². The van der Waals surface area contributed by atoms with Crippen LogP contribution in [0.15, 0.2) is 36.4 Å². The molecule has 0 heterocycles. The van der Waals surface area contributed by atoms with Gasteiger partial charge in [0.15, 0.2) is 0 Å². The summed E-state index contributed by atoms with van der Waals surface area (Å²) in [6.45, 7) is 5.09. The Morgan fingerprint density at radius 1 is 1.00 bits per heavy atom. The van der Waals surface area contributed by atoms with Crippen LogP contribution in [0, 0.1) is 11.6 Å². The number of anilines is 2. The minimum absolute atomic E-state index is 0.164. The van der Waals surface area contributed by atoms with Crippen LogP contribution < -0.4 is 10.6 Å². The Morgan fingerprint density at radius 2 is 1.65 bits per heavy atom. The Kier molecular flexibility index (Phi) is 5.82. The van der Waals surface area contributed by atoms with E-state index in [1.807, 2.05) is 0 Å². The molecule has 2 N–H and O–H groups in total. The smallest absolute Gasteiger partial charge is 0.412 e. The highest BCUT2D eigenvalue weighted by Crippen LogP contribution is 2.22. The summed E-state index contributed by atoms with van der Waals surface area (Å²) in [4.78, 5) is 23.9. The van der Waals surface area contributed by atoms with Crippen molar-refractivity contribution >= 4 is 35.0 Å². The third kappa shape index (κ3) is 5.42. The molecule has 0 saturated carbocycles. The molecule has 0 aliphatic heterocycles. The van der Waals surface area contributed by atoms with Crippen molar-refractivity contribution < 1.29 is 23.1 Å². The highest BCUT2D eigenvalue weighted by molar-refractivity contribution is 6.31. The molecule has 0 aliphatic rings. The van der Waals surface area contributed by atoms with E-state index < -0.39 is 29.2 Å². The lowest BCUT2D eigenvalue weighted by Crippen LogP contribution is -2.27. The molecule has 0 bridgehead atoms. The SMILES string of the molecule is CC(C)(C)OC(=O)Nc1ccc(F)c(NC(=O)c2cc(Cl)ccc2F)c1. The second-order valence-corrected chi connectivity index (χ2v) is 6.84. The minimum Gasteiger partial charge on any atom is -0.444 e. The number of rotatable bonds is 3. The Balaban J connectivity index is 2.18. The van der Waals surface area contributed by atoms with Crippen molar-refractivity contribution in [1.82, 2.24) is 0 Å². The van der Waals surface area contributed by atoms with Gasteiger partial charge in [-0.25, -0.2) is 13.6 Å². The van der Waals surface area contributed by atoms with Crippen LogP contribution in [0.3, 0.4) is 0 Å². The lowest BCUT2D eigenvalue weighted by molar-refractivity contribution is 0.0635. The second kappa shape index (κ2) is 7.70. The molecule has 0 saturated heterocycles. The number of carbonyl (C=O) groups is 2. The van der Waals surface area contributed by atoms with Crippen molar-refractivity contribution in [3.63, 3.8) is 0 Å². The van der Waals surface area contributed by atoms with Gasteiger partial charge in [-0.05, 0) is 57.2 Å². The predicted molar refractivity (Wildman–Crippen MR) is 95.6 cm³/mol. The van der Waals surface area contributed by atoms with Crippen LogP contribution in [0.4, 0.5) is 25.0 Å². The Labute approximate surface area is 154 Å². The average Bonchev–Trinajstić information content (AvgIpc) is 2.51. The number of nitrogens with one attached hydrogen (secondary N) is 2. The summed E-state index contributed by atoms with van der Waals surface area (Å²) in [5, 5.41) is 4.84. The average molecular weight is 383 g/mol. The molecule has 0 radical (unpaired) electrons. The fourth-order valence-corrected chi connectivity index (χ4v) is 2.15. The van der Waals surface area contributed by atoms with Crippen LogP contribution in [0.1, 0.15) is 31.1 Å². The second-order valence-electron chi connectivity index (χ2n) is 6.40.